The highest BCUT2D eigenvalue weighted by atomic mass is 16.5. The molecular formula is C27H31N5O4. The lowest BCUT2D eigenvalue weighted by molar-refractivity contribution is 0.0601. The monoisotopic (exact) mass is 489 g/mol. The molecule has 2 aliphatic heterocycles. The van der Waals surface area contributed by atoms with Crippen molar-refractivity contribution in [3.8, 4) is 0 Å². The van der Waals surface area contributed by atoms with Crippen molar-refractivity contribution in [2.45, 2.75) is 38.0 Å². The van der Waals surface area contributed by atoms with Crippen LogP contribution in [0.4, 0.5) is 10.5 Å². The number of ether oxygens (including phenoxy) is 1. The molecule has 2 aromatic heterocycles. The Morgan fingerprint density at radius 1 is 0.944 bits per heavy atom. The number of amides is 3. The number of methoxy groups -OCH3 is 1. The van der Waals surface area contributed by atoms with E-state index in [1.54, 1.807) is 39.9 Å². The number of nitrogens with one attached hydrogen (secondary N) is 1. The van der Waals surface area contributed by atoms with Crippen LogP contribution in [0.25, 0.3) is 5.52 Å². The molecule has 36 heavy (non-hydrogen) atoms. The maximum Gasteiger partial charge on any atom is 0.339 e. The molecule has 0 saturated carbocycles. The van der Waals surface area contributed by atoms with Crippen molar-refractivity contribution < 1.29 is 19.1 Å². The predicted molar refractivity (Wildman–Crippen MR) is 135 cm³/mol. The minimum Gasteiger partial charge on any atom is -0.465 e. The third-order valence-corrected chi connectivity index (χ3v) is 7.25. The van der Waals surface area contributed by atoms with Gasteiger partial charge in [-0.1, -0.05) is 12.1 Å². The number of hydrogen-bond acceptors (Lipinski definition) is 5. The second-order valence-corrected chi connectivity index (χ2v) is 9.43. The summed E-state index contributed by atoms with van der Waals surface area (Å²) < 4.78 is 6.58. The molecule has 2 aliphatic rings. The molecule has 2 fully saturated rings. The van der Waals surface area contributed by atoms with Crippen molar-refractivity contribution in [2.24, 2.45) is 0 Å². The van der Waals surface area contributed by atoms with Crippen LogP contribution in [-0.2, 0) is 4.74 Å². The Kier molecular flexibility index (Phi) is 6.88. The van der Waals surface area contributed by atoms with E-state index in [4.69, 9.17) is 4.74 Å². The van der Waals surface area contributed by atoms with Gasteiger partial charge in [0.1, 0.15) is 0 Å². The third-order valence-electron chi connectivity index (χ3n) is 7.25. The second-order valence-electron chi connectivity index (χ2n) is 9.43. The van der Waals surface area contributed by atoms with Gasteiger partial charge in [-0.05, 0) is 67.9 Å². The van der Waals surface area contributed by atoms with Crippen molar-refractivity contribution >= 4 is 29.1 Å². The van der Waals surface area contributed by atoms with Gasteiger partial charge in [-0.2, -0.15) is 5.10 Å². The Balaban J connectivity index is 1.25. The number of pyridine rings is 1. The van der Waals surface area contributed by atoms with Gasteiger partial charge in [-0.3, -0.25) is 4.79 Å². The molecule has 0 spiro atoms. The van der Waals surface area contributed by atoms with E-state index >= 15 is 0 Å². The molecule has 0 atom stereocenters. The van der Waals surface area contributed by atoms with E-state index in [1.807, 2.05) is 11.1 Å². The van der Waals surface area contributed by atoms with Crippen LogP contribution in [0.5, 0.6) is 0 Å². The van der Waals surface area contributed by atoms with Crippen molar-refractivity contribution in [2.75, 3.05) is 38.6 Å². The molecule has 0 aliphatic carbocycles. The Bertz CT molecular complexity index is 1270. The Morgan fingerprint density at radius 2 is 1.69 bits per heavy atom. The summed E-state index contributed by atoms with van der Waals surface area (Å²) in [5.41, 5.74) is 3.41. The summed E-state index contributed by atoms with van der Waals surface area (Å²) in [6.45, 7) is 2.81. The number of para-hydroxylation sites is 1. The van der Waals surface area contributed by atoms with Gasteiger partial charge in [0, 0.05) is 32.4 Å². The minimum absolute atomic E-state index is 0.0561. The minimum atomic E-state index is -0.488. The summed E-state index contributed by atoms with van der Waals surface area (Å²) in [7, 11) is 1.32. The van der Waals surface area contributed by atoms with Crippen LogP contribution in [0.15, 0.2) is 48.8 Å². The Morgan fingerprint density at radius 3 is 2.44 bits per heavy atom. The van der Waals surface area contributed by atoms with Crippen LogP contribution in [0.3, 0.4) is 0 Å². The number of aromatic nitrogens is 2. The highest BCUT2D eigenvalue weighted by molar-refractivity contribution is 6.01. The van der Waals surface area contributed by atoms with Crippen molar-refractivity contribution in [3.63, 3.8) is 0 Å². The number of urea groups is 1. The maximum absolute atomic E-state index is 13.1. The number of benzene rings is 1. The number of carbonyl (C=O) groups excluding carboxylic acids is 3. The SMILES string of the molecule is COC(=O)c1ccccc1NC(=O)N1CCC(c2ccn3ncc(C(=O)N4CCCCC4)c3c2)CC1. The fourth-order valence-electron chi connectivity index (χ4n) is 5.17. The van der Waals surface area contributed by atoms with E-state index < -0.39 is 5.97 Å². The van der Waals surface area contributed by atoms with Crippen molar-refractivity contribution in [3.05, 3.63) is 65.5 Å². The first kappa shape index (κ1) is 23.8. The van der Waals surface area contributed by atoms with Crippen LogP contribution in [-0.4, -0.2) is 70.6 Å². The number of fused-ring (bicyclic) bond motifs is 1. The quantitative estimate of drug-likeness (QED) is 0.555. The van der Waals surface area contributed by atoms with E-state index in [1.165, 1.54) is 13.5 Å². The summed E-state index contributed by atoms with van der Waals surface area (Å²) in [5.74, 6) is -0.146. The number of likely N-dealkylation sites (tertiary alicyclic amines) is 2. The van der Waals surface area contributed by atoms with Crippen LogP contribution in [0, 0.1) is 0 Å². The summed E-state index contributed by atoms with van der Waals surface area (Å²) >= 11 is 0. The van der Waals surface area contributed by atoms with Gasteiger partial charge < -0.3 is 19.9 Å². The number of rotatable bonds is 4. The lowest BCUT2D eigenvalue weighted by Crippen LogP contribution is -2.40. The van der Waals surface area contributed by atoms with E-state index in [-0.39, 0.29) is 17.9 Å². The fraction of sp³-hybridized carbons (Fsp3) is 0.407. The van der Waals surface area contributed by atoms with Crippen molar-refractivity contribution in [1.82, 2.24) is 19.4 Å². The van der Waals surface area contributed by atoms with E-state index in [0.717, 1.165) is 49.9 Å². The largest absolute Gasteiger partial charge is 0.465 e. The number of esters is 1. The van der Waals surface area contributed by atoms with Gasteiger partial charge in [-0.25, -0.2) is 14.1 Å². The maximum atomic E-state index is 13.1. The lowest BCUT2D eigenvalue weighted by Gasteiger charge is -2.32. The highest BCUT2D eigenvalue weighted by Crippen LogP contribution is 2.30. The van der Waals surface area contributed by atoms with Gasteiger partial charge in [0.15, 0.2) is 0 Å². The Hall–Kier alpha value is -3.88. The molecule has 4 heterocycles. The Labute approximate surface area is 210 Å². The molecule has 3 aromatic rings. The normalized spacial score (nSPS) is 16.7. The molecule has 9 heteroatoms. The number of nitrogens with zero attached hydrogens (tertiary/aromatic N) is 4. The van der Waals surface area contributed by atoms with Crippen LogP contribution >= 0.6 is 0 Å². The van der Waals surface area contributed by atoms with Crippen LogP contribution in [0.2, 0.25) is 0 Å². The highest BCUT2D eigenvalue weighted by Gasteiger charge is 2.26. The number of hydrogen-bond donors (Lipinski definition) is 1. The smallest absolute Gasteiger partial charge is 0.339 e. The first-order valence-electron chi connectivity index (χ1n) is 12.5. The van der Waals surface area contributed by atoms with E-state index in [9.17, 15) is 14.4 Å². The zero-order chi connectivity index (χ0) is 25.1. The van der Waals surface area contributed by atoms with Gasteiger partial charge in [0.2, 0.25) is 0 Å². The standard InChI is InChI=1S/C27H31N5O4/c1-36-26(34)21-7-3-4-8-23(21)29-27(35)31-14-9-19(10-15-31)20-11-16-32-24(17-20)22(18-28-32)25(33)30-12-5-2-6-13-30/h3-4,7-8,11,16-19H,2,5-6,9-10,12-15H2,1H3,(H,29,35). The van der Waals surface area contributed by atoms with Crippen molar-refractivity contribution in [1.29, 1.82) is 0 Å². The lowest BCUT2D eigenvalue weighted by atomic mass is 9.89. The third kappa shape index (κ3) is 4.78. The summed E-state index contributed by atoms with van der Waals surface area (Å²) in [5, 5.41) is 7.25. The van der Waals surface area contributed by atoms with Gasteiger partial charge >= 0.3 is 12.0 Å². The molecule has 0 unspecified atom stereocenters. The number of carbonyl (C=O) groups is 3. The molecule has 5 rings (SSSR count). The van der Waals surface area contributed by atoms with Crippen LogP contribution in [0.1, 0.15) is 64.3 Å². The number of piperidine rings is 2. The van der Waals surface area contributed by atoms with E-state index in [2.05, 4.69) is 22.5 Å². The summed E-state index contributed by atoms with van der Waals surface area (Å²) in [6, 6.07) is 10.7. The zero-order valence-corrected chi connectivity index (χ0v) is 20.5. The molecule has 2 saturated heterocycles. The molecule has 1 N–H and O–H groups in total. The van der Waals surface area contributed by atoms with E-state index in [0.29, 0.717) is 29.9 Å². The topological polar surface area (TPSA) is 96.2 Å². The zero-order valence-electron chi connectivity index (χ0n) is 20.5. The molecule has 9 nitrogen and oxygen atoms in total. The predicted octanol–water partition coefficient (Wildman–Crippen LogP) is 4.16. The average molecular weight is 490 g/mol. The van der Waals surface area contributed by atoms with Gasteiger partial charge in [0.05, 0.1) is 35.6 Å². The fourth-order valence-corrected chi connectivity index (χ4v) is 5.17. The van der Waals surface area contributed by atoms with Gasteiger partial charge in [0.25, 0.3) is 5.91 Å². The number of anilines is 1. The molecular weight excluding hydrogens is 458 g/mol. The second kappa shape index (κ2) is 10.4. The van der Waals surface area contributed by atoms with Crippen LogP contribution < -0.4 is 5.32 Å². The molecule has 0 bridgehead atoms. The first-order valence-corrected chi connectivity index (χ1v) is 12.5. The summed E-state index contributed by atoms with van der Waals surface area (Å²) in [6.07, 6.45) is 8.50. The molecule has 188 valence electrons. The first-order chi connectivity index (χ1) is 17.5. The average Bonchev–Trinajstić information content (AvgIpc) is 3.36. The molecule has 3 amide bonds. The molecule has 0 radical (unpaired) electrons. The van der Waals surface area contributed by atoms with Gasteiger partial charge in [-0.15, -0.1) is 0 Å². The molecule has 1 aromatic carbocycles. The summed E-state index contributed by atoms with van der Waals surface area (Å²) in [4.78, 5) is 41.7.